The van der Waals surface area contributed by atoms with Gasteiger partial charge in [-0.05, 0) is 30.2 Å². The number of methoxy groups -OCH3 is 1. The molecular weight excluding hydrogens is 308 g/mol. The highest BCUT2D eigenvalue weighted by Crippen LogP contribution is 2.22. The van der Waals surface area contributed by atoms with E-state index in [1.165, 1.54) is 0 Å². The van der Waals surface area contributed by atoms with Gasteiger partial charge in [-0.25, -0.2) is 0 Å². The zero-order valence-corrected chi connectivity index (χ0v) is 13.4. The van der Waals surface area contributed by atoms with E-state index in [1.54, 1.807) is 31.6 Å². The van der Waals surface area contributed by atoms with Crippen LogP contribution in [0.2, 0.25) is 0 Å². The zero-order chi connectivity index (χ0) is 17.2. The van der Waals surface area contributed by atoms with Crippen LogP contribution in [-0.4, -0.2) is 30.5 Å². The van der Waals surface area contributed by atoms with Crippen LogP contribution in [0.5, 0.6) is 5.75 Å². The van der Waals surface area contributed by atoms with Gasteiger partial charge in [0.2, 0.25) is 5.91 Å². The van der Waals surface area contributed by atoms with Crippen molar-refractivity contribution in [2.75, 3.05) is 19.0 Å². The van der Waals surface area contributed by atoms with E-state index in [1.807, 2.05) is 24.3 Å². The van der Waals surface area contributed by atoms with Gasteiger partial charge in [-0.3, -0.25) is 25.4 Å². The van der Waals surface area contributed by atoms with Gasteiger partial charge in [0.1, 0.15) is 5.75 Å². The second-order valence-electron chi connectivity index (χ2n) is 5.01. The quantitative estimate of drug-likeness (QED) is 0.666. The van der Waals surface area contributed by atoms with Crippen molar-refractivity contribution >= 4 is 17.5 Å². The van der Waals surface area contributed by atoms with E-state index in [4.69, 9.17) is 4.74 Å². The number of rotatable bonds is 7. The molecule has 24 heavy (non-hydrogen) atoms. The molecule has 1 aromatic carbocycles. The maximum atomic E-state index is 11.8. The van der Waals surface area contributed by atoms with Crippen LogP contribution >= 0.6 is 0 Å². The third-order valence-corrected chi connectivity index (χ3v) is 3.25. The summed E-state index contributed by atoms with van der Waals surface area (Å²) in [6, 6.07) is 11.0. The summed E-state index contributed by atoms with van der Waals surface area (Å²) in [4.78, 5) is 27.4. The number of amides is 2. The van der Waals surface area contributed by atoms with Crippen molar-refractivity contribution in [3.63, 3.8) is 0 Å². The number of nitrogens with one attached hydrogen (secondary N) is 3. The maximum Gasteiger partial charge on any atom is 0.257 e. The summed E-state index contributed by atoms with van der Waals surface area (Å²) in [5.41, 5.74) is 6.43. The van der Waals surface area contributed by atoms with E-state index >= 15 is 0 Å². The van der Waals surface area contributed by atoms with Crippen LogP contribution in [0.1, 0.15) is 12.0 Å². The summed E-state index contributed by atoms with van der Waals surface area (Å²) < 4.78 is 5.18. The van der Waals surface area contributed by atoms with E-state index in [9.17, 15) is 9.59 Å². The molecule has 2 rings (SSSR count). The van der Waals surface area contributed by atoms with Crippen molar-refractivity contribution in [3.8, 4) is 5.75 Å². The van der Waals surface area contributed by atoms with E-state index < -0.39 is 0 Å². The standard InChI is InChI=1S/C17H20N4O3/c1-24-15-7-3-2-6-14(15)19-12-17(23)21-20-16(22)9-8-13-5-4-10-18-11-13/h2-7,10-11,19H,8-9,12H2,1H3,(H,20,22)(H,21,23). The number of anilines is 1. The molecule has 0 aliphatic heterocycles. The fourth-order valence-electron chi connectivity index (χ4n) is 2.02. The van der Waals surface area contributed by atoms with Crippen LogP contribution in [0.3, 0.4) is 0 Å². The SMILES string of the molecule is COc1ccccc1NCC(=O)NNC(=O)CCc1cccnc1. The Hall–Kier alpha value is -3.09. The molecule has 0 spiro atoms. The van der Waals surface area contributed by atoms with Crippen LogP contribution < -0.4 is 20.9 Å². The number of hydrazine groups is 1. The lowest BCUT2D eigenvalue weighted by Gasteiger charge is -2.11. The minimum atomic E-state index is -0.351. The first-order valence-corrected chi connectivity index (χ1v) is 7.52. The minimum absolute atomic E-state index is 0.0171. The Morgan fingerprint density at radius 1 is 1.08 bits per heavy atom. The minimum Gasteiger partial charge on any atom is -0.495 e. The van der Waals surface area contributed by atoms with Gasteiger partial charge in [-0.15, -0.1) is 0 Å². The average Bonchev–Trinajstić information content (AvgIpc) is 2.64. The lowest BCUT2D eigenvalue weighted by atomic mass is 10.1. The molecule has 7 heteroatoms. The maximum absolute atomic E-state index is 11.8. The molecule has 0 saturated carbocycles. The number of benzene rings is 1. The molecule has 1 aromatic heterocycles. The molecular formula is C17H20N4O3. The zero-order valence-electron chi connectivity index (χ0n) is 13.4. The topological polar surface area (TPSA) is 92.4 Å². The number of pyridine rings is 1. The first-order chi connectivity index (χ1) is 11.7. The van der Waals surface area contributed by atoms with Gasteiger partial charge in [0.05, 0.1) is 19.3 Å². The van der Waals surface area contributed by atoms with E-state index in [0.29, 0.717) is 17.9 Å². The third-order valence-electron chi connectivity index (χ3n) is 3.25. The average molecular weight is 328 g/mol. The molecule has 0 radical (unpaired) electrons. The Morgan fingerprint density at radius 2 is 1.88 bits per heavy atom. The van der Waals surface area contributed by atoms with Gasteiger partial charge < -0.3 is 10.1 Å². The summed E-state index contributed by atoms with van der Waals surface area (Å²) in [5, 5.41) is 2.95. The summed E-state index contributed by atoms with van der Waals surface area (Å²) in [6.45, 7) is 0.0171. The van der Waals surface area contributed by atoms with Gasteiger partial charge in [-0.1, -0.05) is 18.2 Å². The highest BCUT2D eigenvalue weighted by Gasteiger charge is 2.07. The molecule has 2 amide bonds. The molecule has 3 N–H and O–H groups in total. The first-order valence-electron chi connectivity index (χ1n) is 7.52. The number of hydrogen-bond acceptors (Lipinski definition) is 5. The monoisotopic (exact) mass is 328 g/mol. The Labute approximate surface area is 140 Å². The largest absolute Gasteiger partial charge is 0.495 e. The lowest BCUT2D eigenvalue weighted by Crippen LogP contribution is -2.44. The molecule has 1 heterocycles. The van der Waals surface area contributed by atoms with Crippen LogP contribution in [0, 0.1) is 0 Å². The summed E-state index contributed by atoms with van der Waals surface area (Å²) in [6.07, 6.45) is 4.22. The predicted molar refractivity (Wildman–Crippen MR) is 90.3 cm³/mol. The first kappa shape index (κ1) is 17.3. The number of aryl methyl sites for hydroxylation is 1. The smallest absolute Gasteiger partial charge is 0.257 e. The van der Waals surface area contributed by atoms with Crippen LogP contribution in [0.15, 0.2) is 48.8 Å². The molecule has 126 valence electrons. The van der Waals surface area contributed by atoms with Crippen molar-refractivity contribution in [2.24, 2.45) is 0 Å². The number of ether oxygens (including phenoxy) is 1. The van der Waals surface area contributed by atoms with Crippen molar-refractivity contribution in [1.82, 2.24) is 15.8 Å². The molecule has 0 aliphatic rings. The second-order valence-corrected chi connectivity index (χ2v) is 5.01. The number of nitrogens with zero attached hydrogens (tertiary/aromatic N) is 1. The van der Waals surface area contributed by atoms with Crippen molar-refractivity contribution in [1.29, 1.82) is 0 Å². The van der Waals surface area contributed by atoms with Gasteiger partial charge in [-0.2, -0.15) is 0 Å². The van der Waals surface area contributed by atoms with E-state index in [2.05, 4.69) is 21.2 Å². The molecule has 2 aromatic rings. The van der Waals surface area contributed by atoms with Gasteiger partial charge in [0, 0.05) is 18.8 Å². The summed E-state index contributed by atoms with van der Waals surface area (Å²) in [5.74, 6) is 0.0333. The van der Waals surface area contributed by atoms with Gasteiger partial charge >= 0.3 is 0 Å². The van der Waals surface area contributed by atoms with Crippen LogP contribution in [0.25, 0.3) is 0 Å². The molecule has 0 saturated heterocycles. The third kappa shape index (κ3) is 5.60. The summed E-state index contributed by atoms with van der Waals surface area (Å²) >= 11 is 0. The molecule has 0 bridgehead atoms. The Bertz CT molecular complexity index is 677. The van der Waals surface area contributed by atoms with Crippen molar-refractivity contribution in [2.45, 2.75) is 12.8 Å². The normalized spacial score (nSPS) is 9.88. The molecule has 7 nitrogen and oxygen atoms in total. The second kappa shape index (κ2) is 9.14. The lowest BCUT2D eigenvalue weighted by molar-refractivity contribution is -0.128. The molecule has 0 fully saturated rings. The van der Waals surface area contributed by atoms with Gasteiger partial charge in [0.15, 0.2) is 0 Å². The number of para-hydroxylation sites is 2. The number of aromatic nitrogens is 1. The number of carbonyl (C=O) groups is 2. The number of hydrogen-bond donors (Lipinski definition) is 3. The fourth-order valence-corrected chi connectivity index (χ4v) is 2.02. The Morgan fingerprint density at radius 3 is 2.62 bits per heavy atom. The molecule has 0 atom stereocenters. The van der Waals surface area contributed by atoms with Crippen LogP contribution in [-0.2, 0) is 16.0 Å². The Balaban J connectivity index is 1.68. The number of carbonyl (C=O) groups excluding carboxylic acids is 2. The van der Waals surface area contributed by atoms with Crippen molar-refractivity contribution < 1.29 is 14.3 Å². The van der Waals surface area contributed by atoms with E-state index in [-0.39, 0.29) is 24.8 Å². The predicted octanol–water partition coefficient (Wildman–Crippen LogP) is 1.28. The van der Waals surface area contributed by atoms with Gasteiger partial charge in [0.25, 0.3) is 5.91 Å². The molecule has 0 aliphatic carbocycles. The molecule has 0 unspecified atom stereocenters. The summed E-state index contributed by atoms with van der Waals surface area (Å²) in [7, 11) is 1.56. The fraction of sp³-hybridized carbons (Fsp3) is 0.235. The highest BCUT2D eigenvalue weighted by molar-refractivity contribution is 5.84. The highest BCUT2D eigenvalue weighted by atomic mass is 16.5. The van der Waals surface area contributed by atoms with Crippen molar-refractivity contribution in [3.05, 3.63) is 54.4 Å². The van der Waals surface area contributed by atoms with Crippen LogP contribution in [0.4, 0.5) is 5.69 Å². The van der Waals surface area contributed by atoms with E-state index in [0.717, 1.165) is 5.56 Å². The Kier molecular flexibility index (Phi) is 6.58.